The zero-order chi connectivity index (χ0) is 14.6. The summed E-state index contributed by atoms with van der Waals surface area (Å²) in [5.41, 5.74) is 1.59. The lowest BCUT2D eigenvalue weighted by Gasteiger charge is -2.20. The zero-order valence-corrected chi connectivity index (χ0v) is 11.5. The third-order valence-electron chi connectivity index (χ3n) is 3.02. The van der Waals surface area contributed by atoms with E-state index in [0.717, 1.165) is 17.0 Å². The molecule has 0 aliphatic rings. The third kappa shape index (κ3) is 3.39. The Morgan fingerprint density at radius 3 is 2.50 bits per heavy atom. The Kier molecular flexibility index (Phi) is 4.10. The predicted molar refractivity (Wildman–Crippen MR) is 76.0 cm³/mol. The molecule has 5 nitrogen and oxygen atoms in total. The highest BCUT2D eigenvalue weighted by Crippen LogP contribution is 2.14. The van der Waals surface area contributed by atoms with Crippen molar-refractivity contribution in [1.82, 2.24) is 15.3 Å². The van der Waals surface area contributed by atoms with E-state index in [1.54, 1.807) is 26.2 Å². The first kappa shape index (κ1) is 14.1. The van der Waals surface area contributed by atoms with Gasteiger partial charge in [-0.15, -0.1) is 0 Å². The van der Waals surface area contributed by atoms with Crippen molar-refractivity contribution in [2.75, 3.05) is 0 Å². The van der Waals surface area contributed by atoms with Crippen LogP contribution in [-0.2, 0) is 11.3 Å². The SMILES string of the molecule is CC(C)(NCc1ccc(-c2ccccn2)nc1)C(=O)O. The van der Waals surface area contributed by atoms with Crippen LogP contribution in [0.4, 0.5) is 0 Å². The highest BCUT2D eigenvalue weighted by molar-refractivity contribution is 5.77. The molecule has 0 atom stereocenters. The quantitative estimate of drug-likeness (QED) is 0.871. The molecule has 0 saturated carbocycles. The van der Waals surface area contributed by atoms with Crippen LogP contribution in [0.5, 0.6) is 0 Å². The second-order valence-corrected chi connectivity index (χ2v) is 5.05. The number of hydrogen-bond acceptors (Lipinski definition) is 4. The second-order valence-electron chi connectivity index (χ2n) is 5.05. The first-order valence-corrected chi connectivity index (χ1v) is 6.34. The fourth-order valence-electron chi connectivity index (χ4n) is 1.59. The molecule has 2 aromatic rings. The van der Waals surface area contributed by atoms with Crippen molar-refractivity contribution in [3.05, 3.63) is 48.3 Å². The van der Waals surface area contributed by atoms with Gasteiger partial charge < -0.3 is 5.11 Å². The minimum absolute atomic E-state index is 0.453. The standard InChI is InChI=1S/C15H17N3O2/c1-15(2,14(19)20)18-10-11-6-7-13(17-9-11)12-5-3-4-8-16-12/h3-9,18H,10H2,1-2H3,(H,19,20). The van der Waals surface area contributed by atoms with E-state index in [9.17, 15) is 4.79 Å². The van der Waals surface area contributed by atoms with Crippen molar-refractivity contribution in [2.24, 2.45) is 0 Å². The Labute approximate surface area is 117 Å². The minimum atomic E-state index is -0.959. The monoisotopic (exact) mass is 271 g/mol. The van der Waals surface area contributed by atoms with Crippen LogP contribution in [-0.4, -0.2) is 26.6 Å². The Balaban J connectivity index is 2.04. The van der Waals surface area contributed by atoms with E-state index >= 15 is 0 Å². The highest BCUT2D eigenvalue weighted by atomic mass is 16.4. The maximum atomic E-state index is 11.0. The average molecular weight is 271 g/mol. The van der Waals surface area contributed by atoms with Gasteiger partial charge in [-0.2, -0.15) is 0 Å². The smallest absolute Gasteiger partial charge is 0.323 e. The number of carboxylic acids is 1. The number of carbonyl (C=O) groups is 1. The normalized spacial score (nSPS) is 11.3. The summed E-state index contributed by atoms with van der Waals surface area (Å²) in [5, 5.41) is 12.0. The largest absolute Gasteiger partial charge is 0.480 e. The van der Waals surface area contributed by atoms with Crippen LogP contribution in [0.25, 0.3) is 11.4 Å². The molecule has 0 aliphatic heterocycles. The first-order chi connectivity index (χ1) is 9.49. The number of nitrogens with zero attached hydrogens (tertiary/aromatic N) is 2. The lowest BCUT2D eigenvalue weighted by atomic mass is 10.1. The molecule has 104 valence electrons. The van der Waals surface area contributed by atoms with Gasteiger partial charge in [0, 0.05) is 18.9 Å². The third-order valence-corrected chi connectivity index (χ3v) is 3.02. The van der Waals surface area contributed by atoms with Gasteiger partial charge in [0.05, 0.1) is 11.4 Å². The Bertz CT molecular complexity index is 580. The Hall–Kier alpha value is -2.27. The van der Waals surface area contributed by atoms with E-state index < -0.39 is 11.5 Å². The molecule has 2 heterocycles. The number of rotatable bonds is 5. The Morgan fingerprint density at radius 1 is 1.20 bits per heavy atom. The summed E-state index contributed by atoms with van der Waals surface area (Å²) in [6.45, 7) is 3.71. The van der Waals surface area contributed by atoms with E-state index in [1.165, 1.54) is 0 Å². The van der Waals surface area contributed by atoms with Crippen LogP contribution >= 0.6 is 0 Å². The highest BCUT2D eigenvalue weighted by Gasteiger charge is 2.25. The summed E-state index contributed by atoms with van der Waals surface area (Å²) in [6, 6.07) is 9.47. The van der Waals surface area contributed by atoms with Crippen LogP contribution < -0.4 is 5.32 Å². The van der Waals surface area contributed by atoms with Crippen molar-refractivity contribution in [3.63, 3.8) is 0 Å². The molecule has 0 unspecified atom stereocenters. The minimum Gasteiger partial charge on any atom is -0.480 e. The molecule has 0 saturated heterocycles. The molecule has 0 amide bonds. The first-order valence-electron chi connectivity index (χ1n) is 6.34. The van der Waals surface area contributed by atoms with Crippen LogP contribution in [0, 0.1) is 0 Å². The molecule has 5 heteroatoms. The van der Waals surface area contributed by atoms with Crippen LogP contribution in [0.1, 0.15) is 19.4 Å². The number of aromatic nitrogens is 2. The van der Waals surface area contributed by atoms with Crippen LogP contribution in [0.2, 0.25) is 0 Å². The van der Waals surface area contributed by atoms with Gasteiger partial charge in [0.1, 0.15) is 5.54 Å². The fourth-order valence-corrected chi connectivity index (χ4v) is 1.59. The van der Waals surface area contributed by atoms with Gasteiger partial charge >= 0.3 is 5.97 Å². The van der Waals surface area contributed by atoms with Crippen molar-refractivity contribution in [3.8, 4) is 11.4 Å². The van der Waals surface area contributed by atoms with Crippen LogP contribution in [0.15, 0.2) is 42.7 Å². The molecule has 0 radical (unpaired) electrons. The van der Waals surface area contributed by atoms with E-state index in [0.29, 0.717) is 6.54 Å². The van der Waals surface area contributed by atoms with Crippen molar-refractivity contribution in [1.29, 1.82) is 0 Å². The maximum absolute atomic E-state index is 11.0. The number of pyridine rings is 2. The fraction of sp³-hybridized carbons (Fsp3) is 0.267. The summed E-state index contributed by atoms with van der Waals surface area (Å²) in [7, 11) is 0. The van der Waals surface area contributed by atoms with E-state index in [2.05, 4.69) is 15.3 Å². The lowest BCUT2D eigenvalue weighted by Crippen LogP contribution is -2.46. The maximum Gasteiger partial charge on any atom is 0.323 e. The summed E-state index contributed by atoms with van der Waals surface area (Å²) in [4.78, 5) is 19.6. The summed E-state index contributed by atoms with van der Waals surface area (Å²) in [5.74, 6) is -0.879. The molecular formula is C15H17N3O2. The van der Waals surface area contributed by atoms with E-state index in [4.69, 9.17) is 5.11 Å². The number of hydrogen-bond donors (Lipinski definition) is 2. The summed E-state index contributed by atoms with van der Waals surface area (Å²) >= 11 is 0. The zero-order valence-electron chi connectivity index (χ0n) is 11.5. The van der Waals surface area contributed by atoms with Gasteiger partial charge in [-0.3, -0.25) is 20.1 Å². The van der Waals surface area contributed by atoms with Crippen LogP contribution in [0.3, 0.4) is 0 Å². The summed E-state index contributed by atoms with van der Waals surface area (Å²) < 4.78 is 0. The number of aliphatic carboxylic acids is 1. The average Bonchev–Trinajstić information content (AvgIpc) is 2.46. The number of nitrogens with one attached hydrogen (secondary N) is 1. The van der Waals surface area contributed by atoms with Crippen molar-refractivity contribution < 1.29 is 9.90 Å². The van der Waals surface area contributed by atoms with Crippen molar-refractivity contribution in [2.45, 2.75) is 25.9 Å². The molecule has 2 N–H and O–H groups in total. The van der Waals surface area contributed by atoms with E-state index in [1.807, 2.05) is 30.3 Å². The molecule has 0 spiro atoms. The number of carboxylic acid groups (broad SMARTS) is 1. The predicted octanol–water partition coefficient (Wildman–Crippen LogP) is 2.10. The van der Waals surface area contributed by atoms with Gasteiger partial charge in [0.2, 0.25) is 0 Å². The topological polar surface area (TPSA) is 75.1 Å². The molecule has 2 aromatic heterocycles. The van der Waals surface area contributed by atoms with Gasteiger partial charge in [0.15, 0.2) is 0 Å². The van der Waals surface area contributed by atoms with Gasteiger partial charge in [0.25, 0.3) is 0 Å². The molecule has 0 bridgehead atoms. The Morgan fingerprint density at radius 2 is 1.95 bits per heavy atom. The molecule has 0 aromatic carbocycles. The van der Waals surface area contributed by atoms with Gasteiger partial charge in [-0.1, -0.05) is 12.1 Å². The molecule has 0 fully saturated rings. The van der Waals surface area contributed by atoms with E-state index in [-0.39, 0.29) is 0 Å². The lowest BCUT2D eigenvalue weighted by molar-refractivity contribution is -0.143. The van der Waals surface area contributed by atoms with Gasteiger partial charge in [-0.25, -0.2) is 0 Å². The molecule has 2 rings (SSSR count). The van der Waals surface area contributed by atoms with Crippen molar-refractivity contribution >= 4 is 5.97 Å². The van der Waals surface area contributed by atoms with Gasteiger partial charge in [-0.05, 0) is 37.6 Å². The summed E-state index contributed by atoms with van der Waals surface area (Å²) in [6.07, 6.45) is 3.46. The second kappa shape index (κ2) is 5.79. The molecule has 0 aliphatic carbocycles. The molecular weight excluding hydrogens is 254 g/mol. The molecule has 20 heavy (non-hydrogen) atoms.